The van der Waals surface area contributed by atoms with Gasteiger partial charge >= 0.3 is 5.97 Å². The summed E-state index contributed by atoms with van der Waals surface area (Å²) in [5, 5.41) is 0. The standard InChI is InChI=1S/C15H12ClO2/c16-11-14(17)18-15(12-7-3-1-4-8-12)13-9-5-2-6-10-13/h1-10H,11H2. The number of benzene rings is 2. The maximum atomic E-state index is 11.4. The Kier molecular flexibility index (Phi) is 4.37. The number of carbonyl (C=O) groups excluding carboxylic acids is 1. The molecule has 2 rings (SSSR count). The molecule has 0 atom stereocenters. The lowest BCUT2D eigenvalue weighted by Gasteiger charge is -2.16. The van der Waals surface area contributed by atoms with Gasteiger partial charge in [0.25, 0.3) is 0 Å². The van der Waals surface area contributed by atoms with Gasteiger partial charge in [-0.3, -0.25) is 4.79 Å². The molecule has 0 aliphatic heterocycles. The molecular formula is C15H12ClO2. The van der Waals surface area contributed by atoms with Gasteiger partial charge in [0.15, 0.2) is 0 Å². The van der Waals surface area contributed by atoms with Gasteiger partial charge in [0.05, 0.1) is 0 Å². The Balaban J connectivity index is 2.32. The van der Waals surface area contributed by atoms with Crippen LogP contribution < -0.4 is 0 Å². The zero-order chi connectivity index (χ0) is 12.8. The van der Waals surface area contributed by atoms with Crippen LogP contribution in [0.4, 0.5) is 0 Å². The first-order valence-electron chi connectivity index (χ1n) is 5.55. The average Bonchev–Trinajstić information content (AvgIpc) is 2.46. The van der Waals surface area contributed by atoms with Gasteiger partial charge in [-0.1, -0.05) is 60.7 Å². The van der Waals surface area contributed by atoms with E-state index in [0.29, 0.717) is 6.10 Å². The molecule has 3 heteroatoms. The number of carbonyl (C=O) groups is 1. The van der Waals surface area contributed by atoms with Gasteiger partial charge in [-0.15, -0.1) is 11.6 Å². The number of alkyl halides is 1. The molecule has 0 bridgehead atoms. The number of rotatable bonds is 4. The summed E-state index contributed by atoms with van der Waals surface area (Å²) in [4.78, 5) is 11.4. The zero-order valence-corrected chi connectivity index (χ0v) is 10.4. The molecule has 0 unspecified atom stereocenters. The van der Waals surface area contributed by atoms with Crippen molar-refractivity contribution in [3.05, 3.63) is 77.9 Å². The molecule has 0 amide bonds. The zero-order valence-electron chi connectivity index (χ0n) is 9.68. The highest BCUT2D eigenvalue weighted by Crippen LogP contribution is 2.24. The number of ether oxygens (including phenoxy) is 1. The molecule has 91 valence electrons. The lowest BCUT2D eigenvalue weighted by molar-refractivity contribution is -0.138. The summed E-state index contributed by atoms with van der Waals surface area (Å²) in [5.41, 5.74) is 1.70. The lowest BCUT2D eigenvalue weighted by Crippen LogP contribution is -2.14. The van der Waals surface area contributed by atoms with Crippen molar-refractivity contribution in [2.75, 3.05) is 5.88 Å². The highest BCUT2D eigenvalue weighted by molar-refractivity contribution is 6.26. The van der Waals surface area contributed by atoms with E-state index in [0.717, 1.165) is 11.1 Å². The first-order valence-corrected chi connectivity index (χ1v) is 6.09. The minimum Gasteiger partial charge on any atom is -0.443 e. The van der Waals surface area contributed by atoms with E-state index in [1.807, 2.05) is 60.7 Å². The highest BCUT2D eigenvalue weighted by atomic mass is 35.5. The third-order valence-corrected chi connectivity index (χ3v) is 2.62. The van der Waals surface area contributed by atoms with Crippen molar-refractivity contribution in [2.45, 2.75) is 0 Å². The van der Waals surface area contributed by atoms with Crippen molar-refractivity contribution in [3.8, 4) is 0 Å². The Morgan fingerprint density at radius 2 is 1.33 bits per heavy atom. The summed E-state index contributed by atoms with van der Waals surface area (Å²) in [6, 6.07) is 19.0. The molecule has 2 nitrogen and oxygen atoms in total. The minimum absolute atomic E-state index is 0.164. The third-order valence-electron chi connectivity index (χ3n) is 2.40. The molecule has 0 fully saturated rings. The summed E-state index contributed by atoms with van der Waals surface area (Å²) < 4.78 is 5.32. The van der Waals surface area contributed by atoms with Crippen LogP contribution in [-0.4, -0.2) is 11.8 Å². The van der Waals surface area contributed by atoms with Gasteiger partial charge in [0, 0.05) is 11.1 Å². The van der Waals surface area contributed by atoms with E-state index >= 15 is 0 Å². The molecule has 0 N–H and O–H groups in total. The van der Waals surface area contributed by atoms with E-state index in [2.05, 4.69) is 0 Å². The van der Waals surface area contributed by atoms with Crippen LogP contribution in [0.5, 0.6) is 0 Å². The predicted octanol–water partition coefficient (Wildman–Crippen LogP) is 3.40. The fourth-order valence-electron chi connectivity index (χ4n) is 1.60. The lowest BCUT2D eigenvalue weighted by atomic mass is 10.0. The van der Waals surface area contributed by atoms with Crippen LogP contribution in [0, 0.1) is 6.10 Å². The van der Waals surface area contributed by atoms with Crippen LogP contribution in [0.3, 0.4) is 0 Å². The minimum atomic E-state index is -0.459. The Labute approximate surface area is 111 Å². The van der Waals surface area contributed by atoms with Crippen molar-refractivity contribution in [2.24, 2.45) is 0 Å². The van der Waals surface area contributed by atoms with Gasteiger partial charge in [-0.25, -0.2) is 0 Å². The first-order chi connectivity index (χ1) is 8.81. The number of esters is 1. The van der Waals surface area contributed by atoms with E-state index in [9.17, 15) is 4.79 Å². The molecule has 0 aliphatic rings. The largest absolute Gasteiger partial charge is 0.443 e. The number of hydrogen-bond acceptors (Lipinski definition) is 2. The molecular weight excluding hydrogens is 248 g/mol. The van der Waals surface area contributed by atoms with Gasteiger partial charge < -0.3 is 4.74 Å². The molecule has 1 radical (unpaired) electrons. The molecule has 2 aromatic carbocycles. The first kappa shape index (κ1) is 12.7. The molecule has 0 aliphatic carbocycles. The van der Waals surface area contributed by atoms with Gasteiger partial charge in [0.2, 0.25) is 6.10 Å². The van der Waals surface area contributed by atoms with Gasteiger partial charge in [-0.2, -0.15) is 0 Å². The van der Waals surface area contributed by atoms with Crippen LogP contribution >= 0.6 is 11.6 Å². The van der Waals surface area contributed by atoms with Crippen molar-refractivity contribution >= 4 is 17.6 Å². The maximum Gasteiger partial charge on any atom is 0.322 e. The molecule has 0 aromatic heterocycles. The van der Waals surface area contributed by atoms with E-state index in [-0.39, 0.29) is 5.88 Å². The molecule has 0 heterocycles. The van der Waals surface area contributed by atoms with Crippen LogP contribution in [-0.2, 0) is 9.53 Å². The summed E-state index contributed by atoms with van der Waals surface area (Å²) in [5.74, 6) is -0.622. The summed E-state index contributed by atoms with van der Waals surface area (Å²) >= 11 is 5.48. The van der Waals surface area contributed by atoms with Gasteiger partial charge in [-0.05, 0) is 0 Å². The van der Waals surface area contributed by atoms with E-state index < -0.39 is 5.97 Å². The van der Waals surface area contributed by atoms with Crippen LogP contribution in [0.25, 0.3) is 0 Å². The fraction of sp³-hybridized carbons (Fsp3) is 0.0667. The topological polar surface area (TPSA) is 26.3 Å². The van der Waals surface area contributed by atoms with Crippen molar-refractivity contribution < 1.29 is 9.53 Å². The van der Waals surface area contributed by atoms with Crippen molar-refractivity contribution in [1.82, 2.24) is 0 Å². The van der Waals surface area contributed by atoms with Crippen LogP contribution in [0.2, 0.25) is 0 Å². The van der Waals surface area contributed by atoms with Crippen molar-refractivity contribution in [3.63, 3.8) is 0 Å². The van der Waals surface area contributed by atoms with Crippen LogP contribution in [0.15, 0.2) is 60.7 Å². The average molecular weight is 260 g/mol. The van der Waals surface area contributed by atoms with E-state index in [1.165, 1.54) is 0 Å². The Morgan fingerprint density at radius 3 is 1.72 bits per heavy atom. The molecule has 2 aromatic rings. The van der Waals surface area contributed by atoms with Crippen molar-refractivity contribution in [1.29, 1.82) is 0 Å². The number of halogens is 1. The molecule has 0 saturated heterocycles. The molecule has 18 heavy (non-hydrogen) atoms. The Hall–Kier alpha value is -1.80. The Bertz CT molecular complexity index is 457. The normalized spacial score (nSPS) is 10.3. The van der Waals surface area contributed by atoms with Gasteiger partial charge in [0.1, 0.15) is 5.88 Å². The van der Waals surface area contributed by atoms with Crippen LogP contribution in [0.1, 0.15) is 11.1 Å². The quantitative estimate of drug-likeness (QED) is 0.621. The SMILES string of the molecule is O=C(CCl)O[C](c1ccccc1)c1ccccc1. The third kappa shape index (κ3) is 3.11. The highest BCUT2D eigenvalue weighted by Gasteiger charge is 2.19. The second-order valence-corrected chi connectivity index (χ2v) is 3.94. The smallest absolute Gasteiger partial charge is 0.322 e. The maximum absolute atomic E-state index is 11.4. The number of hydrogen-bond donors (Lipinski definition) is 0. The second kappa shape index (κ2) is 6.22. The summed E-state index contributed by atoms with van der Waals surface area (Å²) in [6.07, 6.45) is 0.529. The summed E-state index contributed by atoms with van der Waals surface area (Å²) in [6.45, 7) is 0. The fourth-order valence-corrected chi connectivity index (χ4v) is 1.66. The monoisotopic (exact) mass is 259 g/mol. The predicted molar refractivity (Wildman–Crippen MR) is 71.1 cm³/mol. The Morgan fingerprint density at radius 1 is 0.889 bits per heavy atom. The van der Waals surface area contributed by atoms with E-state index in [1.54, 1.807) is 0 Å². The second-order valence-electron chi connectivity index (χ2n) is 3.67. The molecule has 0 spiro atoms. The summed E-state index contributed by atoms with van der Waals surface area (Å²) in [7, 11) is 0. The van der Waals surface area contributed by atoms with E-state index in [4.69, 9.17) is 16.3 Å². The molecule has 0 saturated carbocycles.